The average Bonchev–Trinajstić information content (AvgIpc) is 2.90. The number of hydrogen-bond acceptors (Lipinski definition) is 3. The Kier molecular flexibility index (Phi) is 4.20. The van der Waals surface area contributed by atoms with Crippen molar-refractivity contribution in [3.8, 4) is 0 Å². The Balaban J connectivity index is 1.70. The Labute approximate surface area is 136 Å². The molecule has 0 bridgehead atoms. The van der Waals surface area contributed by atoms with Gasteiger partial charge in [0, 0.05) is 41.2 Å². The molecule has 0 radical (unpaired) electrons. The summed E-state index contributed by atoms with van der Waals surface area (Å²) in [4.78, 5) is 30.0. The van der Waals surface area contributed by atoms with Crippen molar-refractivity contribution in [3.05, 3.63) is 53.3 Å². The molecule has 0 aliphatic carbocycles. The van der Waals surface area contributed by atoms with Crippen LogP contribution in [0.5, 0.6) is 0 Å². The van der Waals surface area contributed by atoms with Crippen LogP contribution in [-0.2, 0) is 9.59 Å². The first-order valence-electron chi connectivity index (χ1n) is 6.90. The van der Waals surface area contributed by atoms with Gasteiger partial charge in [-0.15, -0.1) is 0 Å². The SMILES string of the molecule is O=C(Nc1ccncc1)[C@@H]1CC(=O)N(c2cccc(Br)c2)C1. The minimum Gasteiger partial charge on any atom is -0.326 e. The minimum atomic E-state index is -0.348. The molecular weight excluding hydrogens is 346 g/mol. The van der Waals surface area contributed by atoms with Gasteiger partial charge in [-0.1, -0.05) is 22.0 Å². The lowest BCUT2D eigenvalue weighted by Gasteiger charge is -2.17. The van der Waals surface area contributed by atoms with Crippen molar-refractivity contribution in [3.63, 3.8) is 0 Å². The highest BCUT2D eigenvalue weighted by atomic mass is 79.9. The molecule has 1 aromatic carbocycles. The lowest BCUT2D eigenvalue weighted by atomic mass is 10.1. The predicted molar refractivity (Wildman–Crippen MR) is 87.5 cm³/mol. The summed E-state index contributed by atoms with van der Waals surface area (Å²) in [6, 6.07) is 11.0. The van der Waals surface area contributed by atoms with Gasteiger partial charge in [-0.3, -0.25) is 14.6 Å². The fourth-order valence-electron chi connectivity index (χ4n) is 2.46. The summed E-state index contributed by atoms with van der Waals surface area (Å²) in [6.45, 7) is 0.395. The maximum Gasteiger partial charge on any atom is 0.229 e. The standard InChI is InChI=1S/C16H14BrN3O2/c17-12-2-1-3-14(9-12)20-10-11(8-15(20)21)16(22)19-13-4-6-18-7-5-13/h1-7,9,11H,8,10H2,(H,18,19,22)/t11-/m1/s1. The molecular formula is C16H14BrN3O2. The molecule has 0 saturated carbocycles. The summed E-state index contributed by atoms with van der Waals surface area (Å²) in [5.41, 5.74) is 1.49. The molecule has 0 unspecified atom stereocenters. The maximum atomic E-state index is 12.3. The van der Waals surface area contributed by atoms with Crippen LogP contribution in [0.4, 0.5) is 11.4 Å². The number of nitrogens with zero attached hydrogens (tertiary/aromatic N) is 2. The van der Waals surface area contributed by atoms with Crippen LogP contribution in [0.1, 0.15) is 6.42 Å². The second-order valence-corrected chi connectivity index (χ2v) is 6.03. The van der Waals surface area contributed by atoms with Crippen molar-refractivity contribution in [2.45, 2.75) is 6.42 Å². The van der Waals surface area contributed by atoms with Crippen LogP contribution in [0.2, 0.25) is 0 Å². The molecule has 1 aliphatic heterocycles. The van der Waals surface area contributed by atoms with Crippen molar-refractivity contribution in [2.75, 3.05) is 16.8 Å². The van der Waals surface area contributed by atoms with E-state index in [0.29, 0.717) is 12.2 Å². The Morgan fingerprint density at radius 1 is 1.27 bits per heavy atom. The zero-order valence-corrected chi connectivity index (χ0v) is 13.3. The number of anilines is 2. The summed E-state index contributed by atoms with van der Waals surface area (Å²) in [6.07, 6.45) is 3.45. The van der Waals surface area contributed by atoms with Crippen molar-refractivity contribution < 1.29 is 9.59 Å². The smallest absolute Gasteiger partial charge is 0.229 e. The molecule has 1 aliphatic rings. The molecule has 22 heavy (non-hydrogen) atoms. The van der Waals surface area contributed by atoms with Gasteiger partial charge < -0.3 is 10.2 Å². The number of carbonyl (C=O) groups is 2. The van der Waals surface area contributed by atoms with Gasteiger partial charge in [0.15, 0.2) is 0 Å². The van der Waals surface area contributed by atoms with E-state index in [-0.39, 0.29) is 24.2 Å². The Morgan fingerprint density at radius 3 is 2.77 bits per heavy atom. The average molecular weight is 360 g/mol. The van der Waals surface area contributed by atoms with Crippen LogP contribution in [0.3, 0.4) is 0 Å². The fraction of sp³-hybridized carbons (Fsp3) is 0.188. The number of pyridine rings is 1. The van der Waals surface area contributed by atoms with Gasteiger partial charge in [0.2, 0.25) is 11.8 Å². The van der Waals surface area contributed by atoms with Gasteiger partial charge in [0.05, 0.1) is 5.92 Å². The first-order valence-corrected chi connectivity index (χ1v) is 7.69. The van der Waals surface area contributed by atoms with Crippen LogP contribution < -0.4 is 10.2 Å². The summed E-state index contributed by atoms with van der Waals surface area (Å²) in [5, 5.41) is 2.82. The normalized spacial score (nSPS) is 17.6. The minimum absolute atomic E-state index is 0.0343. The van der Waals surface area contributed by atoms with Crippen molar-refractivity contribution in [1.29, 1.82) is 0 Å². The maximum absolute atomic E-state index is 12.3. The van der Waals surface area contributed by atoms with Crippen molar-refractivity contribution >= 4 is 39.1 Å². The van der Waals surface area contributed by atoms with Crippen LogP contribution in [0.15, 0.2) is 53.3 Å². The van der Waals surface area contributed by atoms with Gasteiger partial charge in [0.1, 0.15) is 0 Å². The summed E-state index contributed by atoms with van der Waals surface area (Å²) in [5.74, 6) is -0.523. The topological polar surface area (TPSA) is 62.3 Å². The van der Waals surface area contributed by atoms with Gasteiger partial charge in [0.25, 0.3) is 0 Å². The fourth-order valence-corrected chi connectivity index (χ4v) is 2.84. The lowest BCUT2D eigenvalue weighted by Crippen LogP contribution is -2.28. The zero-order chi connectivity index (χ0) is 15.5. The van der Waals surface area contributed by atoms with Crippen molar-refractivity contribution in [1.82, 2.24) is 4.98 Å². The molecule has 1 saturated heterocycles. The Hall–Kier alpha value is -2.21. The Bertz CT molecular complexity index is 706. The lowest BCUT2D eigenvalue weighted by molar-refractivity contribution is -0.122. The summed E-state index contributed by atoms with van der Waals surface area (Å²) >= 11 is 3.39. The zero-order valence-electron chi connectivity index (χ0n) is 11.7. The predicted octanol–water partition coefficient (Wildman–Crippen LogP) is 2.84. The first-order chi connectivity index (χ1) is 10.6. The molecule has 1 N–H and O–H groups in total. The number of carbonyl (C=O) groups excluding carboxylic acids is 2. The van der Waals surface area contributed by atoms with Gasteiger partial charge in [-0.2, -0.15) is 0 Å². The highest BCUT2D eigenvalue weighted by Crippen LogP contribution is 2.27. The quantitative estimate of drug-likeness (QED) is 0.916. The number of aromatic nitrogens is 1. The van der Waals surface area contributed by atoms with Crippen LogP contribution in [-0.4, -0.2) is 23.3 Å². The molecule has 6 heteroatoms. The third-order valence-corrected chi connectivity index (χ3v) is 4.06. The van der Waals surface area contributed by atoms with Crippen LogP contribution in [0.25, 0.3) is 0 Å². The van der Waals surface area contributed by atoms with E-state index in [1.807, 2.05) is 24.3 Å². The second-order valence-electron chi connectivity index (χ2n) is 5.11. The molecule has 5 nitrogen and oxygen atoms in total. The highest BCUT2D eigenvalue weighted by Gasteiger charge is 2.35. The van der Waals surface area contributed by atoms with Crippen molar-refractivity contribution in [2.24, 2.45) is 5.92 Å². The van der Waals surface area contributed by atoms with E-state index in [2.05, 4.69) is 26.2 Å². The van der Waals surface area contributed by atoms with E-state index in [0.717, 1.165) is 10.2 Å². The van der Waals surface area contributed by atoms with E-state index < -0.39 is 0 Å². The number of hydrogen-bond donors (Lipinski definition) is 1. The van der Waals surface area contributed by atoms with Crippen LogP contribution >= 0.6 is 15.9 Å². The van der Waals surface area contributed by atoms with Gasteiger partial charge in [-0.05, 0) is 30.3 Å². The summed E-state index contributed by atoms with van der Waals surface area (Å²) in [7, 11) is 0. The van der Waals surface area contributed by atoms with E-state index in [9.17, 15) is 9.59 Å². The molecule has 2 heterocycles. The van der Waals surface area contributed by atoms with E-state index in [1.54, 1.807) is 29.4 Å². The first kappa shape index (κ1) is 14.7. The molecule has 3 rings (SSSR count). The monoisotopic (exact) mass is 359 g/mol. The van der Waals surface area contributed by atoms with E-state index in [1.165, 1.54) is 0 Å². The summed E-state index contributed by atoms with van der Waals surface area (Å²) < 4.78 is 0.905. The number of halogens is 1. The number of rotatable bonds is 3. The van der Waals surface area contributed by atoms with E-state index >= 15 is 0 Å². The third kappa shape index (κ3) is 3.17. The molecule has 112 valence electrons. The van der Waals surface area contributed by atoms with Gasteiger partial charge in [-0.25, -0.2) is 0 Å². The third-order valence-electron chi connectivity index (χ3n) is 3.56. The highest BCUT2D eigenvalue weighted by molar-refractivity contribution is 9.10. The number of benzene rings is 1. The molecule has 0 spiro atoms. The molecule has 1 atom stereocenters. The molecule has 1 fully saturated rings. The number of nitrogens with one attached hydrogen (secondary N) is 1. The molecule has 2 amide bonds. The van der Waals surface area contributed by atoms with E-state index in [4.69, 9.17) is 0 Å². The molecule has 2 aromatic rings. The van der Waals surface area contributed by atoms with Crippen LogP contribution in [0, 0.1) is 5.92 Å². The largest absolute Gasteiger partial charge is 0.326 e. The van der Waals surface area contributed by atoms with Gasteiger partial charge >= 0.3 is 0 Å². The second kappa shape index (κ2) is 6.27. The number of amides is 2. The molecule has 1 aromatic heterocycles. The Morgan fingerprint density at radius 2 is 2.05 bits per heavy atom.